The molecule has 0 aliphatic carbocycles. The minimum absolute atomic E-state index is 0.279. The van der Waals surface area contributed by atoms with Crippen molar-refractivity contribution in [2.24, 2.45) is 0 Å². The van der Waals surface area contributed by atoms with E-state index in [9.17, 15) is 4.79 Å². The van der Waals surface area contributed by atoms with E-state index < -0.39 is 6.16 Å². The molecule has 2 rings (SSSR count). The van der Waals surface area contributed by atoms with Crippen LogP contribution in [-0.2, 0) is 9.47 Å². The normalized spacial score (nSPS) is 21.1. The minimum atomic E-state index is -0.552. The average Bonchev–Trinajstić information content (AvgIpc) is 3.23. The number of nitrogens with zero attached hydrogens (tertiary/aromatic N) is 3. The number of carbonyl (C=O) groups is 1. The Morgan fingerprint density at radius 1 is 1.00 bits per heavy atom. The highest BCUT2D eigenvalue weighted by Crippen LogP contribution is 2.34. The lowest BCUT2D eigenvalue weighted by Gasteiger charge is -2.39. The van der Waals surface area contributed by atoms with E-state index >= 15 is 0 Å². The maximum absolute atomic E-state index is 12.0. The molecule has 7 nitrogen and oxygen atoms in total. The second-order valence-corrected chi connectivity index (χ2v) is 9.54. The number of carbonyl (C=O) groups excluding carboxylic acids is 1. The van der Waals surface area contributed by atoms with Crippen molar-refractivity contribution in [2.45, 2.75) is 90.4 Å². The summed E-state index contributed by atoms with van der Waals surface area (Å²) in [6, 6.07) is 0. The summed E-state index contributed by atoms with van der Waals surface area (Å²) >= 11 is 1.23. The van der Waals surface area contributed by atoms with E-state index in [4.69, 9.17) is 14.2 Å². The summed E-state index contributed by atoms with van der Waals surface area (Å²) in [5.74, 6) is 0.977. The summed E-state index contributed by atoms with van der Waals surface area (Å²) in [5, 5.41) is 0. The van der Waals surface area contributed by atoms with Crippen molar-refractivity contribution in [1.29, 1.82) is 0 Å². The van der Waals surface area contributed by atoms with E-state index in [0.29, 0.717) is 30.3 Å². The molecule has 0 bridgehead atoms. The predicted molar refractivity (Wildman–Crippen MR) is 123 cm³/mol. The van der Waals surface area contributed by atoms with Crippen molar-refractivity contribution in [3.8, 4) is 5.88 Å². The number of quaternary nitrogens is 1. The third kappa shape index (κ3) is 9.73. The molecule has 2 heterocycles. The van der Waals surface area contributed by atoms with Gasteiger partial charge in [0.15, 0.2) is 0 Å². The fraction of sp³-hybridized carbons (Fsp3) is 0.870. The molecule has 0 aromatic carbocycles. The second-order valence-electron chi connectivity index (χ2n) is 9.01. The van der Waals surface area contributed by atoms with E-state index in [0.717, 1.165) is 50.9 Å². The molecule has 31 heavy (non-hydrogen) atoms. The van der Waals surface area contributed by atoms with Crippen molar-refractivity contribution in [1.82, 2.24) is 8.75 Å². The predicted octanol–water partition coefficient (Wildman–Crippen LogP) is 5.90. The highest BCUT2D eigenvalue weighted by atomic mass is 32.1. The molecule has 2 atom stereocenters. The molecule has 178 valence electrons. The summed E-state index contributed by atoms with van der Waals surface area (Å²) in [5.41, 5.74) is 0.971. The lowest BCUT2D eigenvalue weighted by molar-refractivity contribution is -0.931. The highest BCUT2D eigenvalue weighted by Gasteiger charge is 2.36. The number of ether oxygens (including phenoxy) is 3. The summed E-state index contributed by atoms with van der Waals surface area (Å²) < 4.78 is 26.2. The summed E-state index contributed by atoms with van der Waals surface area (Å²) in [6.45, 7) is 7.71. The van der Waals surface area contributed by atoms with Gasteiger partial charge in [-0.2, -0.15) is 4.37 Å². The first-order valence-corrected chi connectivity index (χ1v) is 12.9. The van der Waals surface area contributed by atoms with Crippen molar-refractivity contribution in [2.75, 3.05) is 40.1 Å². The standard InChI is InChI=1S/C23H42N3O4S/c1-4-6-8-10-12-17-29-23(27)30-19-26(3)15-13-14-20(18-26)21-22(25-31-24-21)28-16-11-9-7-5-2/h20H,4-19H2,1-3H3/q+1. The molecular weight excluding hydrogens is 414 g/mol. The molecule has 0 radical (unpaired) electrons. The van der Waals surface area contributed by atoms with Crippen molar-refractivity contribution < 1.29 is 23.5 Å². The Labute approximate surface area is 192 Å². The Hall–Kier alpha value is -1.41. The SMILES string of the molecule is CCCCCCCOC(=O)OC[N+]1(C)CCCC(c2nsnc2OCCCCCC)C1. The first kappa shape index (κ1) is 25.8. The zero-order valence-corrected chi connectivity index (χ0v) is 20.6. The van der Waals surface area contributed by atoms with E-state index in [2.05, 4.69) is 29.6 Å². The molecule has 1 saturated heterocycles. The first-order valence-electron chi connectivity index (χ1n) is 12.2. The Bertz CT molecular complexity index is 628. The van der Waals surface area contributed by atoms with E-state index in [-0.39, 0.29) is 5.92 Å². The van der Waals surface area contributed by atoms with Gasteiger partial charge in [-0.3, -0.25) is 4.48 Å². The molecule has 0 spiro atoms. The number of rotatable bonds is 15. The third-order valence-corrected chi connectivity index (χ3v) is 6.50. The van der Waals surface area contributed by atoms with E-state index in [1.807, 2.05) is 0 Å². The Morgan fingerprint density at radius 3 is 2.48 bits per heavy atom. The quantitative estimate of drug-likeness (QED) is 0.186. The van der Waals surface area contributed by atoms with Crippen LogP contribution in [0.25, 0.3) is 0 Å². The van der Waals surface area contributed by atoms with Gasteiger partial charge in [0.1, 0.15) is 5.69 Å². The number of hydrogen-bond donors (Lipinski definition) is 0. The van der Waals surface area contributed by atoms with Crippen molar-refractivity contribution >= 4 is 17.9 Å². The number of unbranched alkanes of at least 4 members (excludes halogenated alkanes) is 7. The zero-order chi connectivity index (χ0) is 22.4. The largest absolute Gasteiger partial charge is 0.512 e. The maximum atomic E-state index is 12.0. The van der Waals surface area contributed by atoms with E-state index in [1.54, 1.807) is 0 Å². The Kier molecular flexibility index (Phi) is 12.2. The Balaban J connectivity index is 1.74. The zero-order valence-electron chi connectivity index (χ0n) is 19.8. The van der Waals surface area contributed by atoms with Crippen LogP contribution in [0.1, 0.15) is 96.1 Å². The Morgan fingerprint density at radius 2 is 1.71 bits per heavy atom. The van der Waals surface area contributed by atoms with Crippen LogP contribution in [-0.4, -0.2) is 59.5 Å². The summed E-state index contributed by atoms with van der Waals surface area (Å²) in [7, 11) is 2.13. The monoisotopic (exact) mass is 456 g/mol. The van der Waals surface area contributed by atoms with Gasteiger partial charge < -0.3 is 14.2 Å². The first-order chi connectivity index (χ1) is 15.1. The van der Waals surface area contributed by atoms with Gasteiger partial charge in [0.2, 0.25) is 12.6 Å². The molecule has 1 aliphatic heterocycles. The fourth-order valence-corrected chi connectivity index (χ4v) is 4.70. The lowest BCUT2D eigenvalue weighted by Crippen LogP contribution is -2.52. The van der Waals surface area contributed by atoms with Gasteiger partial charge in [-0.1, -0.05) is 58.8 Å². The molecular formula is C23H42N3O4S+. The molecule has 0 amide bonds. The van der Waals surface area contributed by atoms with Crippen LogP contribution in [0, 0.1) is 0 Å². The van der Waals surface area contributed by atoms with Crippen LogP contribution in [0.2, 0.25) is 0 Å². The van der Waals surface area contributed by atoms with Gasteiger partial charge >= 0.3 is 6.16 Å². The van der Waals surface area contributed by atoms with Gasteiger partial charge in [-0.25, -0.2) is 4.79 Å². The smallest absolute Gasteiger partial charge is 0.476 e. The van der Waals surface area contributed by atoms with Crippen LogP contribution in [0.3, 0.4) is 0 Å². The number of aromatic nitrogens is 2. The molecule has 1 aromatic heterocycles. The average molecular weight is 457 g/mol. The lowest BCUT2D eigenvalue weighted by atomic mass is 9.94. The summed E-state index contributed by atoms with van der Waals surface area (Å²) in [4.78, 5) is 12.0. The van der Waals surface area contributed by atoms with Crippen LogP contribution in [0.4, 0.5) is 4.79 Å². The highest BCUT2D eigenvalue weighted by molar-refractivity contribution is 6.99. The van der Waals surface area contributed by atoms with Gasteiger partial charge in [0.05, 0.1) is 51.0 Å². The second kappa shape index (κ2) is 14.6. The molecule has 0 N–H and O–H groups in total. The molecule has 1 aliphatic rings. The molecule has 1 aromatic rings. The molecule has 2 unspecified atom stereocenters. The third-order valence-electron chi connectivity index (χ3n) is 5.98. The van der Waals surface area contributed by atoms with Crippen molar-refractivity contribution in [3.63, 3.8) is 0 Å². The summed E-state index contributed by atoms with van der Waals surface area (Å²) in [6.07, 6.45) is 11.9. The number of hydrogen-bond acceptors (Lipinski definition) is 7. The topological polar surface area (TPSA) is 70.5 Å². The van der Waals surface area contributed by atoms with E-state index in [1.165, 1.54) is 50.3 Å². The van der Waals surface area contributed by atoms with Crippen LogP contribution in [0.5, 0.6) is 5.88 Å². The van der Waals surface area contributed by atoms with Crippen LogP contribution in [0.15, 0.2) is 0 Å². The fourth-order valence-electron chi connectivity index (χ4n) is 4.12. The molecule has 8 heteroatoms. The van der Waals surface area contributed by atoms with Crippen LogP contribution < -0.4 is 4.74 Å². The van der Waals surface area contributed by atoms with Gasteiger partial charge in [0.25, 0.3) is 0 Å². The van der Waals surface area contributed by atoms with Gasteiger partial charge in [-0.05, 0) is 25.7 Å². The minimum Gasteiger partial charge on any atom is -0.476 e. The maximum Gasteiger partial charge on any atom is 0.512 e. The van der Waals surface area contributed by atoms with Crippen molar-refractivity contribution in [3.05, 3.63) is 5.69 Å². The number of likely N-dealkylation sites (N-methyl/N-ethyl adjacent to an activating group) is 1. The van der Waals surface area contributed by atoms with Crippen LogP contribution >= 0.6 is 11.7 Å². The number of piperidine rings is 1. The van der Waals surface area contributed by atoms with Gasteiger partial charge in [-0.15, -0.1) is 4.37 Å². The van der Waals surface area contributed by atoms with Gasteiger partial charge in [0, 0.05) is 0 Å². The number of likely N-dealkylation sites (tertiary alicyclic amines) is 1. The molecule has 0 saturated carbocycles. The molecule has 1 fully saturated rings.